The molecule has 26 heavy (non-hydrogen) atoms. The van der Waals surface area contributed by atoms with E-state index in [2.05, 4.69) is 20.0 Å². The molecule has 1 aromatic carbocycles. The van der Waals surface area contributed by atoms with Crippen molar-refractivity contribution in [2.75, 3.05) is 0 Å². The van der Waals surface area contributed by atoms with Crippen molar-refractivity contribution in [1.29, 1.82) is 0 Å². The molecule has 134 valence electrons. The van der Waals surface area contributed by atoms with Gasteiger partial charge in [-0.25, -0.2) is 9.98 Å². The number of pyridine rings is 2. The van der Waals surface area contributed by atoms with Crippen molar-refractivity contribution in [2.45, 2.75) is 0 Å². The molecule has 3 rings (SSSR count). The van der Waals surface area contributed by atoms with Gasteiger partial charge in [-0.15, -0.1) is 24.8 Å². The second kappa shape index (κ2) is 10.1. The Morgan fingerprint density at radius 1 is 0.615 bits per heavy atom. The molecule has 0 atom stereocenters. The normalized spacial score (nSPS) is 11.2. The maximum Gasteiger partial charge on any atom is 0.150 e. The lowest BCUT2D eigenvalue weighted by atomic mass is 10.2. The summed E-state index contributed by atoms with van der Waals surface area (Å²) in [5, 5.41) is 0. The first-order chi connectivity index (χ1) is 11.7. The van der Waals surface area contributed by atoms with Crippen LogP contribution in [0.15, 0.2) is 83.0 Å². The summed E-state index contributed by atoms with van der Waals surface area (Å²) >= 11 is 0. The summed E-state index contributed by atoms with van der Waals surface area (Å²) in [6, 6.07) is 18.3. The Morgan fingerprint density at radius 3 is 1.31 bits per heavy atom. The van der Waals surface area contributed by atoms with E-state index < -0.39 is 0 Å². The van der Waals surface area contributed by atoms with Crippen LogP contribution in [0.4, 0.5) is 11.4 Å². The summed E-state index contributed by atoms with van der Waals surface area (Å²) in [6.45, 7) is 0. The summed E-state index contributed by atoms with van der Waals surface area (Å²) in [5.74, 6) is 0.722. The van der Waals surface area contributed by atoms with Gasteiger partial charge >= 0.3 is 0 Å². The van der Waals surface area contributed by atoms with Crippen LogP contribution in [0.3, 0.4) is 0 Å². The zero-order chi connectivity index (χ0) is 16.8. The highest BCUT2D eigenvalue weighted by Gasteiger charge is 2.01. The molecule has 0 bridgehead atoms. The van der Waals surface area contributed by atoms with Gasteiger partial charge in [0.25, 0.3) is 0 Å². The van der Waals surface area contributed by atoms with Gasteiger partial charge in [0.1, 0.15) is 23.1 Å². The molecule has 0 spiro atoms. The predicted molar refractivity (Wildman–Crippen MR) is 110 cm³/mol. The van der Waals surface area contributed by atoms with E-state index in [-0.39, 0.29) is 24.8 Å². The molecule has 3 aromatic rings. The van der Waals surface area contributed by atoms with E-state index in [0.717, 1.165) is 0 Å². The van der Waals surface area contributed by atoms with Gasteiger partial charge in [0.05, 0.1) is 11.4 Å². The van der Waals surface area contributed by atoms with Crippen LogP contribution in [0, 0.1) is 0 Å². The molecule has 4 N–H and O–H groups in total. The van der Waals surface area contributed by atoms with Crippen molar-refractivity contribution >= 4 is 47.9 Å². The Kier molecular flexibility index (Phi) is 8.21. The largest absolute Gasteiger partial charge is 0.382 e. The lowest BCUT2D eigenvalue weighted by Gasteiger charge is -2.02. The van der Waals surface area contributed by atoms with Gasteiger partial charge in [0.15, 0.2) is 0 Å². The fourth-order valence-electron chi connectivity index (χ4n) is 2.02. The van der Waals surface area contributed by atoms with Crippen molar-refractivity contribution in [1.82, 2.24) is 9.97 Å². The highest BCUT2D eigenvalue weighted by atomic mass is 35.5. The molecule has 0 radical (unpaired) electrons. The summed E-state index contributed by atoms with van der Waals surface area (Å²) in [6.07, 6.45) is 3.35. The maximum absolute atomic E-state index is 5.95. The first-order valence-corrected chi connectivity index (χ1v) is 7.33. The molecule has 0 amide bonds. The van der Waals surface area contributed by atoms with Crippen molar-refractivity contribution in [3.63, 3.8) is 0 Å². The first-order valence-electron chi connectivity index (χ1n) is 7.33. The van der Waals surface area contributed by atoms with Crippen molar-refractivity contribution in [3.8, 4) is 0 Å². The van der Waals surface area contributed by atoms with Crippen LogP contribution >= 0.6 is 24.8 Å². The fourth-order valence-corrected chi connectivity index (χ4v) is 2.02. The van der Waals surface area contributed by atoms with Crippen LogP contribution in [0.2, 0.25) is 0 Å². The van der Waals surface area contributed by atoms with E-state index >= 15 is 0 Å². The molecule has 0 saturated carbocycles. The van der Waals surface area contributed by atoms with Gasteiger partial charge in [-0.2, -0.15) is 0 Å². The third kappa shape index (κ3) is 5.54. The van der Waals surface area contributed by atoms with Crippen LogP contribution in [0.25, 0.3) is 0 Å². The number of aliphatic imine (C=N–C) groups is 2. The number of aromatic nitrogens is 2. The number of amidine groups is 2. The second-order valence-electron chi connectivity index (χ2n) is 4.94. The average molecular weight is 389 g/mol. The van der Waals surface area contributed by atoms with E-state index in [9.17, 15) is 0 Å². The standard InChI is InChI=1S/C18H16N6.2ClH/c19-17(15-5-1-3-11-21-15)23-13-7-9-14(10-8-13)24-18(20)16-6-2-4-12-22-16;;/h1-12H,(H2,19,23)(H2,20,24);2*1H. The number of hydrogen-bond donors (Lipinski definition) is 2. The van der Waals surface area contributed by atoms with Crippen LogP contribution < -0.4 is 11.5 Å². The fraction of sp³-hybridized carbons (Fsp3) is 0. The van der Waals surface area contributed by atoms with Gasteiger partial charge in [-0.3, -0.25) is 9.97 Å². The third-order valence-corrected chi connectivity index (χ3v) is 3.20. The molecule has 8 heteroatoms. The van der Waals surface area contributed by atoms with Crippen molar-refractivity contribution in [3.05, 3.63) is 84.4 Å². The van der Waals surface area contributed by atoms with Gasteiger partial charge < -0.3 is 11.5 Å². The summed E-state index contributed by atoms with van der Waals surface area (Å²) < 4.78 is 0. The summed E-state index contributed by atoms with van der Waals surface area (Å²) in [5.41, 5.74) is 14.6. The Balaban J connectivity index is 0.00000169. The van der Waals surface area contributed by atoms with Gasteiger partial charge in [0.2, 0.25) is 0 Å². The minimum absolute atomic E-state index is 0. The van der Waals surface area contributed by atoms with Gasteiger partial charge in [-0.05, 0) is 48.5 Å². The summed E-state index contributed by atoms with van der Waals surface area (Å²) in [7, 11) is 0. The van der Waals surface area contributed by atoms with Crippen molar-refractivity contribution in [2.24, 2.45) is 21.5 Å². The smallest absolute Gasteiger partial charge is 0.150 e. The predicted octanol–water partition coefficient (Wildman–Crippen LogP) is 3.39. The molecular weight excluding hydrogens is 371 g/mol. The molecule has 6 nitrogen and oxygen atoms in total. The molecular formula is C18H18Cl2N6. The van der Waals surface area contributed by atoms with E-state index in [0.29, 0.717) is 34.4 Å². The van der Waals surface area contributed by atoms with Gasteiger partial charge in [0, 0.05) is 12.4 Å². The summed E-state index contributed by atoms with van der Waals surface area (Å²) in [4.78, 5) is 17.0. The number of nitrogens with zero attached hydrogens (tertiary/aromatic N) is 4. The molecule has 0 saturated heterocycles. The van der Waals surface area contributed by atoms with E-state index in [1.807, 2.05) is 60.7 Å². The number of hydrogen-bond acceptors (Lipinski definition) is 4. The minimum atomic E-state index is 0. The Hall–Kier alpha value is -2.96. The first kappa shape index (κ1) is 21.1. The second-order valence-corrected chi connectivity index (χ2v) is 4.94. The number of halogens is 2. The highest BCUT2D eigenvalue weighted by Crippen LogP contribution is 2.19. The lowest BCUT2D eigenvalue weighted by Crippen LogP contribution is -2.14. The number of rotatable bonds is 4. The quantitative estimate of drug-likeness (QED) is 0.527. The van der Waals surface area contributed by atoms with E-state index in [1.54, 1.807) is 12.4 Å². The molecule has 0 aliphatic carbocycles. The molecule has 2 heterocycles. The number of nitrogens with two attached hydrogens (primary N) is 2. The van der Waals surface area contributed by atoms with E-state index in [1.165, 1.54) is 0 Å². The lowest BCUT2D eigenvalue weighted by molar-refractivity contribution is 1.26. The van der Waals surface area contributed by atoms with Gasteiger partial charge in [-0.1, -0.05) is 12.1 Å². The highest BCUT2D eigenvalue weighted by molar-refractivity contribution is 5.98. The van der Waals surface area contributed by atoms with Crippen LogP contribution in [0.1, 0.15) is 11.4 Å². The zero-order valence-electron chi connectivity index (χ0n) is 13.7. The third-order valence-electron chi connectivity index (χ3n) is 3.20. The Bertz CT molecular complexity index is 791. The van der Waals surface area contributed by atoms with Crippen LogP contribution in [-0.2, 0) is 0 Å². The minimum Gasteiger partial charge on any atom is -0.382 e. The molecule has 2 aromatic heterocycles. The van der Waals surface area contributed by atoms with E-state index in [4.69, 9.17) is 11.5 Å². The Morgan fingerprint density at radius 2 is 1.00 bits per heavy atom. The average Bonchev–Trinajstić information content (AvgIpc) is 2.65. The Labute approximate surface area is 163 Å². The van der Waals surface area contributed by atoms with Crippen molar-refractivity contribution < 1.29 is 0 Å². The molecule has 0 aliphatic rings. The maximum atomic E-state index is 5.95. The molecule has 0 unspecified atom stereocenters. The molecule has 0 fully saturated rings. The zero-order valence-corrected chi connectivity index (χ0v) is 15.3. The SMILES string of the molecule is Cl.Cl.NC(=Nc1ccc(N=C(N)c2ccccn2)cc1)c1ccccn1. The van der Waals surface area contributed by atoms with Crippen LogP contribution in [0.5, 0.6) is 0 Å². The monoisotopic (exact) mass is 388 g/mol. The van der Waals surface area contributed by atoms with Crippen LogP contribution in [-0.4, -0.2) is 21.6 Å². The molecule has 0 aliphatic heterocycles. The topological polar surface area (TPSA) is 103 Å². The number of benzene rings is 1.